The predicted molar refractivity (Wildman–Crippen MR) is 67.7 cm³/mol. The van der Waals surface area contributed by atoms with E-state index >= 15 is 0 Å². The average Bonchev–Trinajstić information content (AvgIpc) is 2.24. The van der Waals surface area contributed by atoms with Gasteiger partial charge in [-0.25, -0.2) is 0 Å². The SMILES string of the molecule is CCN(CCCN)c1ccc(C)c(Cl)c1. The van der Waals surface area contributed by atoms with Gasteiger partial charge in [-0.1, -0.05) is 17.7 Å². The van der Waals surface area contributed by atoms with E-state index in [1.165, 1.54) is 5.69 Å². The summed E-state index contributed by atoms with van der Waals surface area (Å²) in [4.78, 5) is 2.29. The molecule has 0 atom stereocenters. The molecule has 15 heavy (non-hydrogen) atoms. The highest BCUT2D eigenvalue weighted by molar-refractivity contribution is 6.31. The highest BCUT2D eigenvalue weighted by atomic mass is 35.5. The molecule has 0 saturated heterocycles. The summed E-state index contributed by atoms with van der Waals surface area (Å²) in [5, 5.41) is 0.832. The van der Waals surface area contributed by atoms with Crippen molar-refractivity contribution in [2.75, 3.05) is 24.5 Å². The molecule has 0 radical (unpaired) electrons. The van der Waals surface area contributed by atoms with Crippen LogP contribution in [0.2, 0.25) is 5.02 Å². The number of halogens is 1. The minimum Gasteiger partial charge on any atom is -0.372 e. The maximum absolute atomic E-state index is 6.10. The van der Waals surface area contributed by atoms with Gasteiger partial charge < -0.3 is 10.6 Å². The van der Waals surface area contributed by atoms with Gasteiger partial charge in [0.2, 0.25) is 0 Å². The van der Waals surface area contributed by atoms with E-state index in [4.69, 9.17) is 17.3 Å². The van der Waals surface area contributed by atoms with E-state index in [2.05, 4.69) is 24.0 Å². The summed E-state index contributed by atoms with van der Waals surface area (Å²) >= 11 is 6.10. The number of benzene rings is 1. The van der Waals surface area contributed by atoms with Crippen LogP contribution in [0.3, 0.4) is 0 Å². The topological polar surface area (TPSA) is 29.3 Å². The first-order valence-corrected chi connectivity index (χ1v) is 5.78. The van der Waals surface area contributed by atoms with Crippen molar-refractivity contribution < 1.29 is 0 Å². The van der Waals surface area contributed by atoms with Crippen molar-refractivity contribution in [3.05, 3.63) is 28.8 Å². The van der Waals surface area contributed by atoms with E-state index in [1.54, 1.807) is 0 Å². The molecule has 0 aliphatic heterocycles. The maximum Gasteiger partial charge on any atom is 0.0455 e. The molecule has 0 aromatic heterocycles. The molecule has 0 unspecified atom stereocenters. The van der Waals surface area contributed by atoms with Gasteiger partial charge in [0.15, 0.2) is 0 Å². The van der Waals surface area contributed by atoms with Crippen molar-refractivity contribution >= 4 is 17.3 Å². The van der Waals surface area contributed by atoms with Crippen LogP contribution in [-0.2, 0) is 0 Å². The van der Waals surface area contributed by atoms with Crippen LogP contribution in [-0.4, -0.2) is 19.6 Å². The van der Waals surface area contributed by atoms with E-state index in [0.717, 1.165) is 36.6 Å². The fourth-order valence-electron chi connectivity index (χ4n) is 1.53. The molecule has 2 N–H and O–H groups in total. The molecule has 84 valence electrons. The Kier molecular flexibility index (Phi) is 4.92. The number of nitrogens with two attached hydrogens (primary N) is 1. The maximum atomic E-state index is 6.10. The Bertz CT molecular complexity index is 312. The van der Waals surface area contributed by atoms with Gasteiger partial charge >= 0.3 is 0 Å². The van der Waals surface area contributed by atoms with Gasteiger partial charge in [0.25, 0.3) is 0 Å². The third kappa shape index (κ3) is 3.40. The number of anilines is 1. The highest BCUT2D eigenvalue weighted by Crippen LogP contribution is 2.23. The van der Waals surface area contributed by atoms with E-state index in [-0.39, 0.29) is 0 Å². The zero-order valence-electron chi connectivity index (χ0n) is 9.46. The second kappa shape index (κ2) is 5.99. The van der Waals surface area contributed by atoms with Gasteiger partial charge in [-0.05, 0) is 44.5 Å². The number of hydrogen-bond acceptors (Lipinski definition) is 2. The summed E-state index contributed by atoms with van der Waals surface area (Å²) < 4.78 is 0. The molecule has 0 spiro atoms. The third-order valence-electron chi connectivity index (χ3n) is 2.53. The van der Waals surface area contributed by atoms with E-state index in [1.807, 2.05) is 13.0 Å². The summed E-state index contributed by atoms with van der Waals surface area (Å²) in [7, 11) is 0. The normalized spacial score (nSPS) is 10.4. The predicted octanol–water partition coefficient (Wildman–Crippen LogP) is 2.82. The average molecular weight is 227 g/mol. The summed E-state index contributed by atoms with van der Waals surface area (Å²) in [5.41, 5.74) is 7.81. The lowest BCUT2D eigenvalue weighted by molar-refractivity contribution is 0.754. The lowest BCUT2D eigenvalue weighted by Crippen LogP contribution is -2.25. The van der Waals surface area contributed by atoms with Gasteiger partial charge in [-0.3, -0.25) is 0 Å². The van der Waals surface area contributed by atoms with Crippen LogP contribution in [0.5, 0.6) is 0 Å². The Morgan fingerprint density at radius 1 is 1.40 bits per heavy atom. The summed E-state index contributed by atoms with van der Waals surface area (Å²) in [5.74, 6) is 0. The number of nitrogens with zero attached hydrogens (tertiary/aromatic N) is 1. The smallest absolute Gasteiger partial charge is 0.0455 e. The Labute approximate surface area is 97.0 Å². The first kappa shape index (κ1) is 12.3. The Hall–Kier alpha value is -0.730. The second-order valence-corrected chi connectivity index (χ2v) is 4.06. The van der Waals surface area contributed by atoms with Crippen molar-refractivity contribution in [3.63, 3.8) is 0 Å². The fourth-order valence-corrected chi connectivity index (χ4v) is 1.71. The number of hydrogen-bond donors (Lipinski definition) is 1. The number of rotatable bonds is 5. The molecule has 2 nitrogen and oxygen atoms in total. The van der Waals surface area contributed by atoms with Crippen LogP contribution >= 0.6 is 11.6 Å². The largest absolute Gasteiger partial charge is 0.372 e. The van der Waals surface area contributed by atoms with Crippen molar-refractivity contribution in [1.82, 2.24) is 0 Å². The standard InChI is InChI=1S/C12H19ClN2/c1-3-15(8-4-7-14)11-6-5-10(2)12(13)9-11/h5-6,9H,3-4,7-8,14H2,1-2H3. The van der Waals surface area contributed by atoms with Crippen LogP contribution < -0.4 is 10.6 Å². The molecular formula is C12H19ClN2. The van der Waals surface area contributed by atoms with Gasteiger partial charge in [-0.15, -0.1) is 0 Å². The highest BCUT2D eigenvalue weighted by Gasteiger charge is 2.05. The summed E-state index contributed by atoms with van der Waals surface area (Å²) in [6.45, 7) is 6.87. The van der Waals surface area contributed by atoms with Gasteiger partial charge in [0.1, 0.15) is 0 Å². The Morgan fingerprint density at radius 2 is 2.13 bits per heavy atom. The lowest BCUT2D eigenvalue weighted by Gasteiger charge is -2.23. The Balaban J connectivity index is 2.78. The van der Waals surface area contributed by atoms with E-state index < -0.39 is 0 Å². The van der Waals surface area contributed by atoms with E-state index in [0.29, 0.717) is 0 Å². The molecule has 0 aliphatic rings. The molecule has 0 saturated carbocycles. The zero-order chi connectivity index (χ0) is 11.3. The molecule has 1 aromatic rings. The fraction of sp³-hybridized carbons (Fsp3) is 0.500. The van der Waals surface area contributed by atoms with Crippen LogP contribution in [0.15, 0.2) is 18.2 Å². The zero-order valence-corrected chi connectivity index (χ0v) is 10.2. The Morgan fingerprint density at radius 3 is 2.67 bits per heavy atom. The molecule has 0 amide bonds. The van der Waals surface area contributed by atoms with Crippen molar-refractivity contribution in [2.24, 2.45) is 5.73 Å². The van der Waals surface area contributed by atoms with Gasteiger partial charge in [-0.2, -0.15) is 0 Å². The number of aryl methyl sites for hydroxylation is 1. The van der Waals surface area contributed by atoms with Gasteiger partial charge in [0.05, 0.1) is 0 Å². The first-order valence-electron chi connectivity index (χ1n) is 5.40. The van der Waals surface area contributed by atoms with Crippen molar-refractivity contribution in [1.29, 1.82) is 0 Å². The quantitative estimate of drug-likeness (QED) is 0.837. The van der Waals surface area contributed by atoms with Crippen molar-refractivity contribution in [2.45, 2.75) is 20.3 Å². The van der Waals surface area contributed by atoms with Crippen LogP contribution in [0.4, 0.5) is 5.69 Å². The summed E-state index contributed by atoms with van der Waals surface area (Å²) in [6.07, 6.45) is 1.01. The molecule has 0 heterocycles. The van der Waals surface area contributed by atoms with Crippen LogP contribution in [0, 0.1) is 6.92 Å². The minimum atomic E-state index is 0.732. The van der Waals surface area contributed by atoms with Crippen LogP contribution in [0.25, 0.3) is 0 Å². The van der Waals surface area contributed by atoms with Crippen LogP contribution in [0.1, 0.15) is 18.9 Å². The summed E-state index contributed by atoms with van der Waals surface area (Å²) in [6, 6.07) is 6.20. The minimum absolute atomic E-state index is 0.732. The second-order valence-electron chi connectivity index (χ2n) is 3.66. The molecule has 0 bridgehead atoms. The monoisotopic (exact) mass is 226 g/mol. The molecular weight excluding hydrogens is 208 g/mol. The lowest BCUT2D eigenvalue weighted by atomic mass is 10.2. The molecule has 0 fully saturated rings. The van der Waals surface area contributed by atoms with Gasteiger partial charge in [0, 0.05) is 23.8 Å². The molecule has 1 aromatic carbocycles. The first-order chi connectivity index (χ1) is 7.19. The molecule has 1 rings (SSSR count). The van der Waals surface area contributed by atoms with Crippen molar-refractivity contribution in [3.8, 4) is 0 Å². The molecule has 0 aliphatic carbocycles. The molecule has 3 heteroatoms. The third-order valence-corrected chi connectivity index (χ3v) is 2.94. The van der Waals surface area contributed by atoms with E-state index in [9.17, 15) is 0 Å².